The number of rotatable bonds is 8. The van der Waals surface area contributed by atoms with Crippen LogP contribution in [-0.4, -0.2) is 33.6 Å². The summed E-state index contributed by atoms with van der Waals surface area (Å²) in [5, 5.41) is 0. The van der Waals surface area contributed by atoms with E-state index in [0.29, 0.717) is 0 Å². The number of carbonyl (C=O) groups excluding carboxylic acids is 2. The van der Waals surface area contributed by atoms with Crippen molar-refractivity contribution >= 4 is 33.5 Å². The number of ether oxygens (including phenoxy) is 2. The molecule has 0 saturated heterocycles. The van der Waals surface area contributed by atoms with Gasteiger partial charge in [-0.3, -0.25) is 9.44 Å². The van der Waals surface area contributed by atoms with Gasteiger partial charge in [0.05, 0.1) is 35.7 Å². The molecule has 27 heavy (non-hydrogen) atoms. The lowest BCUT2D eigenvalue weighted by Crippen LogP contribution is -2.24. The maximum absolute atomic E-state index is 12.5. The van der Waals surface area contributed by atoms with Gasteiger partial charge < -0.3 is 9.47 Å². The van der Waals surface area contributed by atoms with E-state index in [-0.39, 0.29) is 35.7 Å². The minimum atomic E-state index is -4.15. The summed E-state index contributed by atoms with van der Waals surface area (Å²) in [6.07, 6.45) is 0. The van der Waals surface area contributed by atoms with Crippen LogP contribution < -0.4 is 9.44 Å². The van der Waals surface area contributed by atoms with E-state index in [1.807, 2.05) is 0 Å². The summed E-state index contributed by atoms with van der Waals surface area (Å²) in [7, 11) is -4.15. The molecule has 9 heteroatoms. The van der Waals surface area contributed by atoms with Crippen molar-refractivity contribution in [2.24, 2.45) is 0 Å². The summed E-state index contributed by atoms with van der Waals surface area (Å²) in [6, 6.07) is 12.1. The van der Waals surface area contributed by atoms with Crippen LogP contribution in [0.15, 0.2) is 48.5 Å². The number of hydrogen-bond donors (Lipinski definition) is 2. The van der Waals surface area contributed by atoms with Crippen LogP contribution in [0.25, 0.3) is 0 Å². The van der Waals surface area contributed by atoms with E-state index in [1.165, 1.54) is 24.3 Å². The molecule has 0 aliphatic carbocycles. The highest BCUT2D eigenvalue weighted by Crippen LogP contribution is 2.21. The largest absolute Gasteiger partial charge is 0.462 e. The summed E-state index contributed by atoms with van der Waals surface area (Å²) >= 11 is 0. The SMILES string of the molecule is CCOC(=O)c1ccccc1NS(=O)(=O)Nc1ccccc1C(=O)OCC. The highest BCUT2D eigenvalue weighted by molar-refractivity contribution is 7.94. The Hall–Kier alpha value is -3.07. The van der Waals surface area contributed by atoms with Crippen molar-refractivity contribution in [3.63, 3.8) is 0 Å². The van der Waals surface area contributed by atoms with Crippen LogP contribution in [-0.2, 0) is 19.7 Å². The number of anilines is 2. The Bertz CT molecular complexity index is 857. The number of nitrogens with one attached hydrogen (secondary N) is 2. The topological polar surface area (TPSA) is 111 Å². The summed E-state index contributed by atoms with van der Waals surface area (Å²) in [6.45, 7) is 3.62. The van der Waals surface area contributed by atoms with Crippen molar-refractivity contribution in [1.29, 1.82) is 0 Å². The number of para-hydroxylation sites is 2. The number of esters is 2. The molecule has 8 nitrogen and oxygen atoms in total. The summed E-state index contributed by atoms with van der Waals surface area (Å²) in [4.78, 5) is 24.0. The van der Waals surface area contributed by atoms with Gasteiger partial charge in [-0.15, -0.1) is 0 Å². The monoisotopic (exact) mass is 392 g/mol. The first-order valence-corrected chi connectivity index (χ1v) is 9.69. The van der Waals surface area contributed by atoms with Gasteiger partial charge in [0.2, 0.25) is 0 Å². The molecule has 0 fully saturated rings. The molecule has 0 amide bonds. The molecule has 2 rings (SSSR count). The molecule has 0 atom stereocenters. The normalized spacial score (nSPS) is 10.7. The molecule has 0 unspecified atom stereocenters. The number of hydrogen-bond acceptors (Lipinski definition) is 6. The first kappa shape index (κ1) is 20.2. The lowest BCUT2D eigenvalue weighted by atomic mass is 10.2. The first-order chi connectivity index (χ1) is 12.9. The van der Waals surface area contributed by atoms with Crippen LogP contribution in [0.4, 0.5) is 11.4 Å². The Kier molecular flexibility index (Phi) is 6.78. The van der Waals surface area contributed by atoms with Gasteiger partial charge in [-0.05, 0) is 38.1 Å². The molecular weight excluding hydrogens is 372 g/mol. The third kappa shape index (κ3) is 5.45. The average Bonchev–Trinajstić information content (AvgIpc) is 2.62. The van der Waals surface area contributed by atoms with Gasteiger partial charge in [0, 0.05) is 0 Å². The second-order valence-corrected chi connectivity index (χ2v) is 6.65. The molecule has 2 aromatic carbocycles. The van der Waals surface area contributed by atoms with E-state index < -0.39 is 22.1 Å². The summed E-state index contributed by atoms with van der Waals surface area (Å²) in [5.41, 5.74) is 0.251. The maximum Gasteiger partial charge on any atom is 0.340 e. The van der Waals surface area contributed by atoms with Crippen molar-refractivity contribution in [3.8, 4) is 0 Å². The first-order valence-electron chi connectivity index (χ1n) is 8.20. The van der Waals surface area contributed by atoms with E-state index in [9.17, 15) is 18.0 Å². The van der Waals surface area contributed by atoms with Gasteiger partial charge >= 0.3 is 22.1 Å². The highest BCUT2D eigenvalue weighted by atomic mass is 32.2. The van der Waals surface area contributed by atoms with Gasteiger partial charge in [-0.25, -0.2) is 9.59 Å². The fraction of sp³-hybridized carbons (Fsp3) is 0.222. The summed E-state index contributed by atoms with van der Waals surface area (Å²) < 4.78 is 39.4. The number of benzene rings is 2. The third-order valence-corrected chi connectivity index (χ3v) is 4.31. The van der Waals surface area contributed by atoms with Crippen LogP contribution in [0.1, 0.15) is 34.6 Å². The molecule has 0 bridgehead atoms. The van der Waals surface area contributed by atoms with Crippen molar-refractivity contribution in [2.45, 2.75) is 13.8 Å². The second-order valence-electron chi connectivity index (χ2n) is 5.24. The second kappa shape index (κ2) is 9.04. The molecule has 0 saturated carbocycles. The van der Waals surface area contributed by atoms with Crippen molar-refractivity contribution in [2.75, 3.05) is 22.7 Å². The molecule has 0 aliphatic rings. The van der Waals surface area contributed by atoms with Gasteiger partial charge in [0.25, 0.3) is 0 Å². The van der Waals surface area contributed by atoms with Gasteiger partial charge in [0.15, 0.2) is 0 Å². The zero-order valence-corrected chi connectivity index (χ0v) is 15.7. The lowest BCUT2D eigenvalue weighted by Gasteiger charge is -2.15. The average molecular weight is 392 g/mol. The minimum Gasteiger partial charge on any atom is -0.462 e. The van der Waals surface area contributed by atoms with Crippen LogP contribution in [0.5, 0.6) is 0 Å². The predicted molar refractivity (Wildman–Crippen MR) is 101 cm³/mol. The molecule has 2 aromatic rings. The Morgan fingerprint density at radius 1 is 0.778 bits per heavy atom. The molecule has 0 aromatic heterocycles. The van der Waals surface area contributed by atoms with Crippen LogP contribution in [0.3, 0.4) is 0 Å². The van der Waals surface area contributed by atoms with Gasteiger partial charge in [-0.2, -0.15) is 8.42 Å². The van der Waals surface area contributed by atoms with Crippen molar-refractivity contribution < 1.29 is 27.5 Å². The van der Waals surface area contributed by atoms with Crippen LogP contribution >= 0.6 is 0 Å². The Labute approximate surface area is 157 Å². The Morgan fingerprint density at radius 2 is 1.15 bits per heavy atom. The summed E-state index contributed by atoms with van der Waals surface area (Å²) in [5.74, 6) is -1.30. The smallest absolute Gasteiger partial charge is 0.340 e. The quantitative estimate of drug-likeness (QED) is 0.669. The Balaban J connectivity index is 2.27. The maximum atomic E-state index is 12.5. The van der Waals surface area contributed by atoms with Crippen molar-refractivity contribution in [1.82, 2.24) is 0 Å². The zero-order chi connectivity index (χ0) is 19.9. The lowest BCUT2D eigenvalue weighted by molar-refractivity contribution is 0.0518. The van der Waals surface area contributed by atoms with E-state index in [1.54, 1.807) is 38.1 Å². The molecule has 0 spiro atoms. The van der Waals surface area contributed by atoms with Gasteiger partial charge in [0.1, 0.15) is 0 Å². The third-order valence-electron chi connectivity index (χ3n) is 3.33. The van der Waals surface area contributed by atoms with Crippen LogP contribution in [0, 0.1) is 0 Å². The molecule has 2 N–H and O–H groups in total. The molecule has 0 aliphatic heterocycles. The molecule has 144 valence electrons. The fourth-order valence-corrected chi connectivity index (χ4v) is 3.22. The fourth-order valence-electron chi connectivity index (χ4n) is 2.23. The van der Waals surface area contributed by atoms with Crippen LogP contribution in [0.2, 0.25) is 0 Å². The van der Waals surface area contributed by atoms with E-state index >= 15 is 0 Å². The zero-order valence-electron chi connectivity index (χ0n) is 14.9. The minimum absolute atomic E-state index is 0.0528. The molecule has 0 heterocycles. The van der Waals surface area contributed by atoms with E-state index in [0.717, 1.165) is 0 Å². The van der Waals surface area contributed by atoms with Crippen molar-refractivity contribution in [3.05, 3.63) is 59.7 Å². The Morgan fingerprint density at radius 3 is 1.52 bits per heavy atom. The number of carbonyl (C=O) groups is 2. The van der Waals surface area contributed by atoms with E-state index in [2.05, 4.69) is 9.44 Å². The predicted octanol–water partition coefficient (Wildman–Crippen LogP) is 2.81. The molecular formula is C18H20N2O6S. The standard InChI is InChI=1S/C18H20N2O6S/c1-3-25-17(21)13-9-5-7-11-15(13)19-27(23,24)20-16-12-8-6-10-14(16)18(22)26-4-2/h5-12,19-20H,3-4H2,1-2H3. The highest BCUT2D eigenvalue weighted by Gasteiger charge is 2.20. The van der Waals surface area contributed by atoms with E-state index in [4.69, 9.17) is 9.47 Å². The van der Waals surface area contributed by atoms with Gasteiger partial charge in [-0.1, -0.05) is 24.3 Å². The molecule has 0 radical (unpaired) electrons.